The number of fused-ring (bicyclic) bond motifs is 1. The molecule has 0 radical (unpaired) electrons. The Bertz CT molecular complexity index is 1130. The minimum absolute atomic E-state index is 0.0134. The maximum atomic E-state index is 13.1. The predicted octanol–water partition coefficient (Wildman–Crippen LogP) is 2.07. The molecule has 0 unspecified atom stereocenters. The van der Waals surface area contributed by atoms with Gasteiger partial charge in [-0.15, -0.1) is 11.3 Å². The first-order valence-electron chi connectivity index (χ1n) is 9.76. The highest BCUT2D eigenvalue weighted by Crippen LogP contribution is 2.38. The Balaban J connectivity index is 1.55. The molecule has 0 aliphatic carbocycles. The van der Waals surface area contributed by atoms with Gasteiger partial charge in [0.25, 0.3) is 5.91 Å². The smallest absolute Gasteiger partial charge is 0.313 e. The summed E-state index contributed by atoms with van der Waals surface area (Å²) in [6, 6.07) is 3.16. The zero-order valence-electron chi connectivity index (χ0n) is 17.0. The lowest BCUT2D eigenvalue weighted by molar-refractivity contribution is -0.146. The first-order valence-corrected chi connectivity index (χ1v) is 10.6. The number of H-pyrrole nitrogens is 1. The van der Waals surface area contributed by atoms with E-state index in [1.54, 1.807) is 11.1 Å². The summed E-state index contributed by atoms with van der Waals surface area (Å²) >= 11 is 1.54. The lowest BCUT2D eigenvalue weighted by Gasteiger charge is -2.37. The second-order valence-electron chi connectivity index (χ2n) is 7.56. The van der Waals surface area contributed by atoms with Gasteiger partial charge in [0.1, 0.15) is 10.4 Å². The van der Waals surface area contributed by atoms with Crippen molar-refractivity contribution in [2.75, 3.05) is 19.0 Å². The van der Waals surface area contributed by atoms with Crippen LogP contribution in [0.2, 0.25) is 0 Å². The fourth-order valence-corrected chi connectivity index (χ4v) is 4.91. The van der Waals surface area contributed by atoms with E-state index in [-0.39, 0.29) is 29.1 Å². The number of likely N-dealkylation sites (tertiary alicyclic amines) is 1. The van der Waals surface area contributed by atoms with Gasteiger partial charge < -0.3 is 20.7 Å². The number of thiophene rings is 1. The number of nitrogens with zero attached hydrogens (tertiary/aromatic N) is 3. The first-order chi connectivity index (χ1) is 14.9. The average molecular weight is 443 g/mol. The van der Waals surface area contributed by atoms with Gasteiger partial charge in [-0.25, -0.2) is 4.98 Å². The van der Waals surface area contributed by atoms with Crippen LogP contribution in [0.25, 0.3) is 10.2 Å². The van der Waals surface area contributed by atoms with Gasteiger partial charge in [0.15, 0.2) is 0 Å². The van der Waals surface area contributed by atoms with Crippen molar-refractivity contribution in [2.45, 2.75) is 25.8 Å². The van der Waals surface area contributed by atoms with Crippen molar-refractivity contribution in [2.24, 2.45) is 11.7 Å². The van der Waals surface area contributed by atoms with Gasteiger partial charge in [-0.05, 0) is 30.9 Å². The maximum Gasteiger partial charge on any atom is 0.313 e. The van der Waals surface area contributed by atoms with Gasteiger partial charge in [-0.3, -0.25) is 19.5 Å². The fraction of sp³-hybridized carbons (Fsp3) is 0.350. The Morgan fingerprint density at radius 3 is 2.81 bits per heavy atom. The van der Waals surface area contributed by atoms with Crippen LogP contribution >= 0.6 is 11.3 Å². The molecule has 31 heavy (non-hydrogen) atoms. The largest absolute Gasteiger partial charge is 0.480 e. The summed E-state index contributed by atoms with van der Waals surface area (Å²) in [5.74, 6) is -1.86. The van der Waals surface area contributed by atoms with Crippen molar-refractivity contribution in [3.8, 4) is 5.88 Å². The van der Waals surface area contributed by atoms with E-state index in [1.165, 1.54) is 30.7 Å². The van der Waals surface area contributed by atoms with E-state index >= 15 is 0 Å². The molecule has 3 amide bonds. The van der Waals surface area contributed by atoms with Crippen molar-refractivity contribution in [3.63, 3.8) is 0 Å². The molecule has 2 atom stereocenters. The Labute approximate surface area is 181 Å². The number of primary amides is 1. The third-order valence-corrected chi connectivity index (χ3v) is 6.48. The molecule has 4 heterocycles. The average Bonchev–Trinajstić information content (AvgIpc) is 3.35. The van der Waals surface area contributed by atoms with E-state index in [0.29, 0.717) is 6.54 Å². The SMILES string of the molecule is COc1ncc(NC(=O)C(=O)N2C[C@H](C)CC[C@H]2c2cc3cn[nH]c3s2)cc1C(N)=O. The predicted molar refractivity (Wildman–Crippen MR) is 115 cm³/mol. The molecule has 1 aliphatic rings. The summed E-state index contributed by atoms with van der Waals surface area (Å²) in [5, 5.41) is 10.5. The molecule has 4 N–H and O–H groups in total. The van der Waals surface area contributed by atoms with Crippen LogP contribution in [0.3, 0.4) is 0 Å². The van der Waals surface area contributed by atoms with Crippen LogP contribution in [0.15, 0.2) is 24.5 Å². The van der Waals surface area contributed by atoms with Crippen molar-refractivity contribution < 1.29 is 19.1 Å². The quantitative estimate of drug-likeness (QED) is 0.528. The van der Waals surface area contributed by atoms with Crippen LogP contribution in [-0.2, 0) is 9.59 Å². The molecular weight excluding hydrogens is 420 g/mol. The van der Waals surface area contributed by atoms with E-state index in [0.717, 1.165) is 27.9 Å². The topological polar surface area (TPSA) is 143 Å². The fourth-order valence-electron chi connectivity index (χ4n) is 3.78. The summed E-state index contributed by atoms with van der Waals surface area (Å²) in [6.45, 7) is 2.54. The van der Waals surface area contributed by atoms with Crippen molar-refractivity contribution >= 4 is 45.0 Å². The zero-order chi connectivity index (χ0) is 22.1. The van der Waals surface area contributed by atoms with E-state index in [1.807, 2.05) is 6.07 Å². The minimum Gasteiger partial charge on any atom is -0.480 e. The number of carbonyl (C=O) groups is 3. The van der Waals surface area contributed by atoms with E-state index < -0.39 is 17.7 Å². The Hall–Kier alpha value is -3.47. The van der Waals surface area contributed by atoms with Crippen LogP contribution in [0.4, 0.5) is 5.69 Å². The lowest BCUT2D eigenvalue weighted by atomic mass is 9.93. The van der Waals surface area contributed by atoms with Gasteiger partial charge in [0.05, 0.1) is 31.2 Å². The monoisotopic (exact) mass is 442 g/mol. The third-order valence-electron chi connectivity index (χ3n) is 5.32. The number of hydrogen-bond acceptors (Lipinski definition) is 7. The Morgan fingerprint density at radius 1 is 1.29 bits per heavy atom. The zero-order valence-corrected chi connectivity index (χ0v) is 17.9. The highest BCUT2D eigenvalue weighted by molar-refractivity contribution is 7.18. The molecule has 0 aromatic carbocycles. The molecule has 162 valence electrons. The van der Waals surface area contributed by atoms with Crippen LogP contribution in [0, 0.1) is 5.92 Å². The number of aromatic amines is 1. The second kappa shape index (κ2) is 8.34. The molecule has 4 rings (SSSR count). The summed E-state index contributed by atoms with van der Waals surface area (Å²) in [6.07, 6.45) is 4.78. The second-order valence-corrected chi connectivity index (χ2v) is 8.64. The molecule has 10 nitrogen and oxygen atoms in total. The van der Waals surface area contributed by atoms with Crippen LogP contribution in [0.5, 0.6) is 5.88 Å². The van der Waals surface area contributed by atoms with Gasteiger partial charge in [-0.2, -0.15) is 5.10 Å². The standard InChI is InChI=1S/C20H22N6O4S/c1-10-3-4-14(15-5-11-7-23-25-19(11)31-15)26(9-10)20(29)17(28)24-12-6-13(16(21)27)18(30-2)22-8-12/h5-8,10,14H,3-4,9H2,1-2H3,(H2,21,27)(H,23,25)(H,24,28)/t10-,14+/m1/s1. The van der Waals surface area contributed by atoms with Crippen molar-refractivity contribution in [1.82, 2.24) is 20.1 Å². The molecule has 1 fully saturated rings. The number of rotatable bonds is 4. The van der Waals surface area contributed by atoms with Gasteiger partial charge in [0, 0.05) is 16.8 Å². The van der Waals surface area contributed by atoms with Gasteiger partial charge >= 0.3 is 11.8 Å². The van der Waals surface area contributed by atoms with Crippen LogP contribution in [0.1, 0.15) is 41.0 Å². The van der Waals surface area contributed by atoms with E-state index in [4.69, 9.17) is 10.5 Å². The molecule has 11 heteroatoms. The number of carbonyl (C=O) groups excluding carboxylic acids is 3. The summed E-state index contributed by atoms with van der Waals surface area (Å²) in [4.78, 5) is 45.0. The maximum absolute atomic E-state index is 13.1. The lowest BCUT2D eigenvalue weighted by Crippen LogP contribution is -2.46. The Kier molecular flexibility index (Phi) is 5.59. The number of nitrogens with one attached hydrogen (secondary N) is 2. The third kappa shape index (κ3) is 4.08. The number of nitrogens with two attached hydrogens (primary N) is 1. The molecule has 3 aromatic heterocycles. The number of aromatic nitrogens is 3. The number of ether oxygens (including phenoxy) is 1. The molecule has 0 bridgehead atoms. The highest BCUT2D eigenvalue weighted by Gasteiger charge is 2.35. The number of piperidine rings is 1. The van der Waals surface area contributed by atoms with Crippen LogP contribution < -0.4 is 15.8 Å². The molecular formula is C20H22N6O4S. The van der Waals surface area contributed by atoms with Gasteiger partial charge in [-0.1, -0.05) is 6.92 Å². The molecule has 3 aromatic rings. The number of pyridine rings is 1. The molecule has 1 saturated heterocycles. The molecule has 1 aliphatic heterocycles. The summed E-state index contributed by atoms with van der Waals surface area (Å²) in [5.41, 5.74) is 5.53. The number of amides is 3. The normalized spacial score (nSPS) is 18.7. The number of anilines is 1. The number of methoxy groups -OCH3 is 1. The highest BCUT2D eigenvalue weighted by atomic mass is 32.1. The molecule has 0 saturated carbocycles. The summed E-state index contributed by atoms with van der Waals surface area (Å²) < 4.78 is 5.00. The van der Waals surface area contributed by atoms with Crippen molar-refractivity contribution in [1.29, 1.82) is 0 Å². The number of hydrogen-bond donors (Lipinski definition) is 3. The van der Waals surface area contributed by atoms with E-state index in [9.17, 15) is 14.4 Å². The summed E-state index contributed by atoms with van der Waals surface area (Å²) in [7, 11) is 1.36. The van der Waals surface area contributed by atoms with Crippen LogP contribution in [-0.4, -0.2) is 51.5 Å². The van der Waals surface area contributed by atoms with Crippen molar-refractivity contribution in [3.05, 3.63) is 35.0 Å². The molecule has 0 spiro atoms. The van der Waals surface area contributed by atoms with Gasteiger partial charge in [0.2, 0.25) is 5.88 Å². The van der Waals surface area contributed by atoms with E-state index in [2.05, 4.69) is 27.4 Å². The Morgan fingerprint density at radius 2 is 2.10 bits per heavy atom. The minimum atomic E-state index is -0.801. The first kappa shape index (κ1) is 20.8.